The Labute approximate surface area is 161 Å². The van der Waals surface area contributed by atoms with Crippen molar-refractivity contribution in [2.45, 2.75) is 26.8 Å². The minimum atomic E-state index is -0.0292. The van der Waals surface area contributed by atoms with Crippen LogP contribution in [0.2, 0.25) is 0 Å². The zero-order valence-corrected chi connectivity index (χ0v) is 16.4. The van der Waals surface area contributed by atoms with Crippen molar-refractivity contribution in [2.75, 3.05) is 38.3 Å². The van der Waals surface area contributed by atoms with Crippen LogP contribution >= 0.6 is 0 Å². The maximum Gasteiger partial charge on any atom is 0.254 e. The number of carbonyl (C=O) groups excluding carboxylic acids is 1. The van der Waals surface area contributed by atoms with Gasteiger partial charge in [0.05, 0.1) is 13.2 Å². The molecule has 2 aromatic carbocycles. The Morgan fingerprint density at radius 2 is 1.63 bits per heavy atom. The van der Waals surface area contributed by atoms with Crippen molar-refractivity contribution in [2.24, 2.45) is 0 Å². The van der Waals surface area contributed by atoms with Crippen molar-refractivity contribution in [1.82, 2.24) is 4.90 Å². The molecule has 5 heteroatoms. The van der Waals surface area contributed by atoms with Crippen LogP contribution in [-0.4, -0.2) is 44.2 Å². The first-order chi connectivity index (χ1) is 13.1. The third-order valence-electron chi connectivity index (χ3n) is 4.83. The third-order valence-corrected chi connectivity index (χ3v) is 4.83. The van der Waals surface area contributed by atoms with Gasteiger partial charge in [0.25, 0.3) is 5.91 Å². The Bertz CT molecular complexity index is 770. The first-order valence-electron chi connectivity index (χ1n) is 9.61. The Hall–Kier alpha value is -2.69. The van der Waals surface area contributed by atoms with Gasteiger partial charge in [0, 0.05) is 44.4 Å². The van der Waals surface area contributed by atoms with E-state index in [1.807, 2.05) is 13.1 Å². The first-order valence-corrected chi connectivity index (χ1v) is 9.61. The normalized spacial score (nSPS) is 13.0. The van der Waals surface area contributed by atoms with Gasteiger partial charge in [0.1, 0.15) is 0 Å². The Balaban J connectivity index is 1.68. The molecule has 3 rings (SSSR count). The van der Waals surface area contributed by atoms with Crippen molar-refractivity contribution in [1.29, 1.82) is 0 Å². The molecule has 1 aliphatic rings. The molecule has 0 aromatic heterocycles. The van der Waals surface area contributed by atoms with Gasteiger partial charge in [-0.2, -0.15) is 0 Å². The maximum absolute atomic E-state index is 12.8. The highest BCUT2D eigenvalue weighted by molar-refractivity contribution is 5.94. The zero-order chi connectivity index (χ0) is 19.2. The molecule has 1 amide bonds. The van der Waals surface area contributed by atoms with Crippen LogP contribution in [0.3, 0.4) is 0 Å². The second-order valence-electron chi connectivity index (χ2n) is 6.71. The van der Waals surface area contributed by atoms with Crippen molar-refractivity contribution >= 4 is 11.6 Å². The standard InChI is InChI=1S/C22H28N2O3/c1-4-24(5-2)19-10-7-17(8-11-19)16-23(3)22(25)18-9-12-20-21(15-18)27-14-6-13-26-20/h7-12,15H,4-6,13-14,16H2,1-3H3. The Morgan fingerprint density at radius 3 is 2.30 bits per heavy atom. The van der Waals surface area contributed by atoms with Gasteiger partial charge in [-0.1, -0.05) is 12.1 Å². The number of hydrogen-bond acceptors (Lipinski definition) is 4. The topological polar surface area (TPSA) is 42.0 Å². The molecule has 1 heterocycles. The summed E-state index contributed by atoms with van der Waals surface area (Å²) in [5.41, 5.74) is 2.93. The predicted molar refractivity (Wildman–Crippen MR) is 108 cm³/mol. The van der Waals surface area contributed by atoms with Crippen LogP contribution in [0.1, 0.15) is 36.2 Å². The van der Waals surface area contributed by atoms with E-state index in [0.717, 1.165) is 25.1 Å². The van der Waals surface area contributed by atoms with E-state index in [9.17, 15) is 4.79 Å². The van der Waals surface area contributed by atoms with Crippen LogP contribution in [0.15, 0.2) is 42.5 Å². The van der Waals surface area contributed by atoms with Crippen LogP contribution in [-0.2, 0) is 6.54 Å². The summed E-state index contributed by atoms with van der Waals surface area (Å²) in [5, 5.41) is 0. The van der Waals surface area contributed by atoms with Crippen LogP contribution in [0.5, 0.6) is 11.5 Å². The number of rotatable bonds is 6. The summed E-state index contributed by atoms with van der Waals surface area (Å²) in [4.78, 5) is 16.8. The summed E-state index contributed by atoms with van der Waals surface area (Å²) in [5.74, 6) is 1.33. The number of fused-ring (bicyclic) bond motifs is 1. The number of carbonyl (C=O) groups is 1. The van der Waals surface area contributed by atoms with E-state index in [-0.39, 0.29) is 5.91 Å². The van der Waals surface area contributed by atoms with Crippen LogP contribution in [0.4, 0.5) is 5.69 Å². The molecule has 0 saturated carbocycles. The van der Waals surface area contributed by atoms with Crippen LogP contribution in [0.25, 0.3) is 0 Å². The largest absolute Gasteiger partial charge is 0.490 e. The molecule has 0 aliphatic carbocycles. The molecule has 0 bridgehead atoms. The highest BCUT2D eigenvalue weighted by Crippen LogP contribution is 2.30. The van der Waals surface area contributed by atoms with Gasteiger partial charge in [-0.3, -0.25) is 4.79 Å². The number of anilines is 1. The first kappa shape index (κ1) is 19.1. The molecule has 0 N–H and O–H groups in total. The number of nitrogens with zero attached hydrogens (tertiary/aromatic N) is 2. The zero-order valence-electron chi connectivity index (χ0n) is 16.4. The number of amides is 1. The molecule has 1 aliphatic heterocycles. The number of ether oxygens (including phenoxy) is 2. The monoisotopic (exact) mass is 368 g/mol. The van der Waals surface area contributed by atoms with Gasteiger partial charge >= 0.3 is 0 Å². The summed E-state index contributed by atoms with van der Waals surface area (Å²) in [6.45, 7) is 8.09. The maximum atomic E-state index is 12.8. The average molecular weight is 368 g/mol. The van der Waals surface area contributed by atoms with Crippen molar-refractivity contribution in [3.63, 3.8) is 0 Å². The molecule has 144 valence electrons. The average Bonchev–Trinajstić information content (AvgIpc) is 2.94. The van der Waals surface area contributed by atoms with Gasteiger partial charge in [-0.05, 0) is 49.7 Å². The van der Waals surface area contributed by atoms with E-state index in [4.69, 9.17) is 9.47 Å². The lowest BCUT2D eigenvalue weighted by molar-refractivity contribution is 0.0784. The number of hydrogen-bond donors (Lipinski definition) is 0. The minimum Gasteiger partial charge on any atom is -0.490 e. The highest BCUT2D eigenvalue weighted by Gasteiger charge is 2.17. The fourth-order valence-electron chi connectivity index (χ4n) is 3.26. The quantitative estimate of drug-likeness (QED) is 0.774. The smallest absolute Gasteiger partial charge is 0.254 e. The van der Waals surface area contributed by atoms with Gasteiger partial charge in [-0.25, -0.2) is 0 Å². The number of benzene rings is 2. The second kappa shape index (κ2) is 8.80. The predicted octanol–water partition coefficient (Wildman–Crippen LogP) is 3.97. The minimum absolute atomic E-state index is 0.0292. The summed E-state index contributed by atoms with van der Waals surface area (Å²) in [6.07, 6.45) is 0.849. The Kier molecular flexibility index (Phi) is 6.22. The molecular weight excluding hydrogens is 340 g/mol. The van der Waals surface area contributed by atoms with E-state index in [0.29, 0.717) is 36.8 Å². The molecular formula is C22H28N2O3. The van der Waals surface area contributed by atoms with Crippen molar-refractivity contribution < 1.29 is 14.3 Å². The van der Waals surface area contributed by atoms with E-state index in [1.165, 1.54) is 5.69 Å². The molecule has 0 saturated heterocycles. The lowest BCUT2D eigenvalue weighted by Gasteiger charge is -2.22. The molecule has 2 aromatic rings. The summed E-state index contributed by atoms with van der Waals surface area (Å²) in [7, 11) is 1.82. The summed E-state index contributed by atoms with van der Waals surface area (Å²) < 4.78 is 11.3. The molecule has 5 nitrogen and oxygen atoms in total. The Morgan fingerprint density at radius 1 is 0.963 bits per heavy atom. The highest BCUT2D eigenvalue weighted by atomic mass is 16.5. The second-order valence-corrected chi connectivity index (χ2v) is 6.71. The molecule has 0 atom stereocenters. The molecule has 0 unspecified atom stereocenters. The van der Waals surface area contributed by atoms with Crippen LogP contribution < -0.4 is 14.4 Å². The van der Waals surface area contributed by atoms with Crippen LogP contribution in [0, 0.1) is 0 Å². The summed E-state index contributed by atoms with van der Waals surface area (Å²) in [6, 6.07) is 13.8. The fraction of sp³-hybridized carbons (Fsp3) is 0.409. The van der Waals surface area contributed by atoms with Crippen molar-refractivity contribution in [3.8, 4) is 11.5 Å². The van der Waals surface area contributed by atoms with E-state index >= 15 is 0 Å². The summed E-state index contributed by atoms with van der Waals surface area (Å²) >= 11 is 0. The van der Waals surface area contributed by atoms with E-state index in [1.54, 1.807) is 17.0 Å². The molecule has 0 fully saturated rings. The SMILES string of the molecule is CCN(CC)c1ccc(CN(C)C(=O)c2ccc3c(c2)OCCCO3)cc1. The van der Waals surface area contributed by atoms with Crippen molar-refractivity contribution in [3.05, 3.63) is 53.6 Å². The van der Waals surface area contributed by atoms with E-state index in [2.05, 4.69) is 43.0 Å². The third kappa shape index (κ3) is 4.54. The van der Waals surface area contributed by atoms with Gasteiger partial charge in [-0.15, -0.1) is 0 Å². The molecule has 27 heavy (non-hydrogen) atoms. The molecule has 0 spiro atoms. The van der Waals surface area contributed by atoms with Gasteiger partial charge in [0.15, 0.2) is 11.5 Å². The lowest BCUT2D eigenvalue weighted by atomic mass is 10.1. The van der Waals surface area contributed by atoms with Gasteiger partial charge in [0.2, 0.25) is 0 Å². The van der Waals surface area contributed by atoms with Gasteiger partial charge < -0.3 is 19.3 Å². The fourth-order valence-corrected chi connectivity index (χ4v) is 3.26. The lowest BCUT2D eigenvalue weighted by Crippen LogP contribution is -2.26. The van der Waals surface area contributed by atoms with E-state index < -0.39 is 0 Å². The molecule has 0 radical (unpaired) electrons.